The minimum absolute atomic E-state index is 0. The molecule has 0 amide bonds. The number of likely N-dealkylation sites (N-methyl/N-ethyl adjacent to an activating group) is 1. The second-order valence-electron chi connectivity index (χ2n) is 10.4. The van der Waals surface area contributed by atoms with E-state index in [1.165, 1.54) is 33.6 Å². The van der Waals surface area contributed by atoms with Crippen molar-refractivity contribution >= 4 is 11.4 Å². The van der Waals surface area contributed by atoms with Crippen LogP contribution in [0.4, 0.5) is 11.4 Å². The first kappa shape index (κ1) is 36.3. The van der Waals surface area contributed by atoms with Gasteiger partial charge in [-0.2, -0.15) is 0 Å². The molecule has 0 aliphatic heterocycles. The van der Waals surface area contributed by atoms with Crippen LogP contribution in [0.3, 0.4) is 0 Å². The Bertz CT molecular complexity index is 732. The number of rotatable bonds is 12. The van der Waals surface area contributed by atoms with Crippen LogP contribution in [0.25, 0.3) is 0 Å². The molecule has 3 nitrogen and oxygen atoms in total. The van der Waals surface area contributed by atoms with E-state index in [1.807, 2.05) is 0 Å². The third-order valence-corrected chi connectivity index (χ3v) is 6.34. The summed E-state index contributed by atoms with van der Waals surface area (Å²) in [5, 5.41) is 7.54. The fourth-order valence-electron chi connectivity index (χ4n) is 4.37. The summed E-state index contributed by atoms with van der Waals surface area (Å²) in [5.41, 5.74) is 8.38. The van der Waals surface area contributed by atoms with Crippen molar-refractivity contribution in [1.29, 1.82) is 0 Å². The molecule has 0 atom stereocenters. The van der Waals surface area contributed by atoms with Crippen LogP contribution in [-0.2, 0) is 17.1 Å². The SMILES string of the molecule is CC(C)c1cccc(C(C)C)c1NCCN(C)CCNc1c(C(C)C)cccc1C(C)C.[Cl-].[Cl-].[Mn+2]. The van der Waals surface area contributed by atoms with Gasteiger partial charge in [-0.1, -0.05) is 91.8 Å². The van der Waals surface area contributed by atoms with E-state index >= 15 is 0 Å². The van der Waals surface area contributed by atoms with Gasteiger partial charge in [-0.15, -0.1) is 0 Å². The van der Waals surface area contributed by atoms with Crippen molar-refractivity contribution in [2.75, 3.05) is 43.9 Å². The zero-order valence-corrected chi connectivity index (χ0v) is 25.9. The van der Waals surface area contributed by atoms with Crippen molar-refractivity contribution in [2.24, 2.45) is 0 Å². The molecule has 0 aliphatic rings. The molecule has 2 rings (SSSR count). The van der Waals surface area contributed by atoms with Crippen LogP contribution in [0.1, 0.15) is 101 Å². The summed E-state index contributed by atoms with van der Waals surface area (Å²) in [7, 11) is 2.22. The molecule has 0 saturated heterocycles. The number of nitrogens with one attached hydrogen (secondary N) is 2. The first-order valence-electron chi connectivity index (χ1n) is 12.5. The predicted molar refractivity (Wildman–Crippen MR) is 144 cm³/mol. The molecule has 0 saturated carbocycles. The van der Waals surface area contributed by atoms with E-state index in [0.29, 0.717) is 23.7 Å². The van der Waals surface area contributed by atoms with Gasteiger partial charge in [0.15, 0.2) is 0 Å². The van der Waals surface area contributed by atoms with Gasteiger partial charge in [-0.3, -0.25) is 0 Å². The molecule has 2 aromatic carbocycles. The predicted octanol–water partition coefficient (Wildman–Crippen LogP) is 1.64. The average molecular weight is 564 g/mol. The zero-order chi connectivity index (χ0) is 23.8. The Labute approximate surface area is 238 Å². The number of anilines is 2. The van der Waals surface area contributed by atoms with E-state index in [2.05, 4.69) is 114 Å². The molecule has 0 aliphatic carbocycles. The molecule has 2 aromatic rings. The Morgan fingerprint density at radius 1 is 0.571 bits per heavy atom. The second-order valence-corrected chi connectivity index (χ2v) is 10.4. The van der Waals surface area contributed by atoms with Crippen LogP contribution in [0.2, 0.25) is 0 Å². The monoisotopic (exact) mass is 562 g/mol. The van der Waals surface area contributed by atoms with Crippen LogP contribution < -0.4 is 35.4 Å². The first-order valence-corrected chi connectivity index (χ1v) is 12.5. The summed E-state index contributed by atoms with van der Waals surface area (Å²) < 4.78 is 0. The first-order chi connectivity index (χ1) is 15.1. The van der Waals surface area contributed by atoms with Gasteiger partial charge in [0.25, 0.3) is 0 Å². The smallest absolute Gasteiger partial charge is 1.00 e. The van der Waals surface area contributed by atoms with Crippen LogP contribution in [0, 0.1) is 0 Å². The van der Waals surface area contributed by atoms with Gasteiger partial charge in [0.05, 0.1) is 0 Å². The van der Waals surface area contributed by atoms with Crippen LogP contribution >= 0.6 is 0 Å². The van der Waals surface area contributed by atoms with E-state index in [9.17, 15) is 0 Å². The molecular formula is C29H47Cl2MnN3. The third-order valence-electron chi connectivity index (χ3n) is 6.34. The van der Waals surface area contributed by atoms with E-state index < -0.39 is 0 Å². The molecule has 1 radical (unpaired) electrons. The van der Waals surface area contributed by atoms with E-state index in [0.717, 1.165) is 26.2 Å². The largest absolute Gasteiger partial charge is 2.00 e. The Kier molecular flexibility index (Phi) is 18.2. The number of benzene rings is 2. The Morgan fingerprint density at radius 3 is 1.06 bits per heavy atom. The number of hydrogen-bond acceptors (Lipinski definition) is 3. The molecule has 0 fully saturated rings. The fourth-order valence-corrected chi connectivity index (χ4v) is 4.37. The Balaban J connectivity index is 0. The molecule has 199 valence electrons. The molecule has 0 heterocycles. The van der Waals surface area contributed by atoms with Crippen LogP contribution in [-0.4, -0.2) is 38.1 Å². The molecule has 0 spiro atoms. The zero-order valence-electron chi connectivity index (χ0n) is 23.2. The van der Waals surface area contributed by atoms with Gasteiger partial charge in [0.2, 0.25) is 0 Å². The minimum Gasteiger partial charge on any atom is -1.00 e. The number of nitrogens with zero attached hydrogens (tertiary/aromatic N) is 1. The summed E-state index contributed by atoms with van der Waals surface area (Å²) in [4.78, 5) is 2.42. The van der Waals surface area contributed by atoms with Gasteiger partial charge in [-0.05, 0) is 53.0 Å². The van der Waals surface area contributed by atoms with Crippen molar-refractivity contribution in [3.05, 3.63) is 58.7 Å². The number of hydrogen-bond donors (Lipinski definition) is 2. The maximum absolute atomic E-state index is 3.77. The quantitative estimate of drug-likeness (QED) is 0.385. The third kappa shape index (κ3) is 10.5. The normalized spacial score (nSPS) is 10.9. The molecule has 0 bridgehead atoms. The molecule has 6 heteroatoms. The molecular weight excluding hydrogens is 516 g/mol. The summed E-state index contributed by atoms with van der Waals surface area (Å²) in [6, 6.07) is 13.5. The van der Waals surface area contributed by atoms with Crippen molar-refractivity contribution in [3.63, 3.8) is 0 Å². The fraction of sp³-hybridized carbons (Fsp3) is 0.586. The van der Waals surface area contributed by atoms with E-state index in [1.54, 1.807) is 0 Å². The van der Waals surface area contributed by atoms with E-state index in [4.69, 9.17) is 0 Å². The second kappa shape index (κ2) is 17.5. The van der Waals surface area contributed by atoms with Crippen molar-refractivity contribution in [1.82, 2.24) is 4.90 Å². The van der Waals surface area contributed by atoms with Gasteiger partial charge in [-0.25, -0.2) is 0 Å². The minimum atomic E-state index is 0. The molecule has 0 unspecified atom stereocenters. The van der Waals surface area contributed by atoms with E-state index in [-0.39, 0.29) is 41.9 Å². The number of para-hydroxylation sites is 2. The van der Waals surface area contributed by atoms with Crippen molar-refractivity contribution < 1.29 is 41.9 Å². The van der Waals surface area contributed by atoms with Gasteiger partial charge >= 0.3 is 17.1 Å². The molecule has 35 heavy (non-hydrogen) atoms. The van der Waals surface area contributed by atoms with Crippen LogP contribution in [0.15, 0.2) is 36.4 Å². The topological polar surface area (TPSA) is 27.3 Å². The maximum Gasteiger partial charge on any atom is 2.00 e. The van der Waals surface area contributed by atoms with Crippen molar-refractivity contribution in [3.8, 4) is 0 Å². The average Bonchev–Trinajstić information content (AvgIpc) is 2.73. The Hall–Kier alpha value is -0.901. The molecule has 2 N–H and O–H groups in total. The van der Waals surface area contributed by atoms with Gasteiger partial charge in [0, 0.05) is 37.6 Å². The van der Waals surface area contributed by atoms with Crippen molar-refractivity contribution in [2.45, 2.75) is 79.1 Å². The van der Waals surface area contributed by atoms with Gasteiger partial charge < -0.3 is 40.3 Å². The summed E-state index contributed by atoms with van der Waals surface area (Å²) in [5.74, 6) is 2.09. The standard InChI is InChI=1S/C29H47N3.2ClH.Mn/c1-20(2)24-12-10-13-25(21(3)4)28(24)30-16-18-32(9)19-17-31-29-26(22(5)6)14-11-15-27(29)23(7)8;;;/h10-15,20-23,30-31H,16-19H2,1-9H3;2*1H;/q;;;+2/p-2. The number of halogens is 2. The summed E-state index contributed by atoms with van der Waals surface area (Å²) in [6.07, 6.45) is 0. The summed E-state index contributed by atoms with van der Waals surface area (Å²) >= 11 is 0. The molecule has 0 aromatic heterocycles. The Morgan fingerprint density at radius 2 is 0.829 bits per heavy atom. The van der Waals surface area contributed by atoms with Gasteiger partial charge in [0.1, 0.15) is 0 Å². The summed E-state index contributed by atoms with van der Waals surface area (Å²) in [6.45, 7) is 22.2. The maximum atomic E-state index is 3.77. The van der Waals surface area contributed by atoms with Crippen LogP contribution in [0.5, 0.6) is 0 Å².